The van der Waals surface area contributed by atoms with Crippen LogP contribution in [-0.2, 0) is 6.54 Å². The second kappa shape index (κ2) is 6.39. The third-order valence-electron chi connectivity index (χ3n) is 6.54. The minimum Gasteiger partial charge on any atom is -0.298 e. The summed E-state index contributed by atoms with van der Waals surface area (Å²) in [6, 6.07) is 9.00. The second-order valence-electron chi connectivity index (χ2n) is 7.95. The number of aromatic nitrogens is 1. The lowest BCUT2D eigenvalue weighted by Crippen LogP contribution is -2.59. The van der Waals surface area contributed by atoms with E-state index in [0.717, 1.165) is 37.8 Å². The topological polar surface area (TPSA) is 19.4 Å². The third-order valence-corrected chi connectivity index (χ3v) is 6.54. The lowest BCUT2D eigenvalue weighted by molar-refractivity contribution is -0.00872. The summed E-state index contributed by atoms with van der Waals surface area (Å²) < 4.78 is 27.7. The van der Waals surface area contributed by atoms with E-state index in [0.29, 0.717) is 18.0 Å². The summed E-state index contributed by atoms with van der Waals surface area (Å²) >= 11 is 0. The Morgan fingerprint density at radius 1 is 0.962 bits per heavy atom. The summed E-state index contributed by atoms with van der Waals surface area (Å²) in [6.45, 7) is 3.96. The van der Waals surface area contributed by atoms with Crippen molar-refractivity contribution in [3.05, 3.63) is 65.5 Å². The fraction of sp³-hybridized carbons (Fsp3) is 0.476. The van der Waals surface area contributed by atoms with Crippen LogP contribution in [0.5, 0.6) is 0 Å². The molecule has 3 nitrogen and oxygen atoms in total. The summed E-state index contributed by atoms with van der Waals surface area (Å²) in [5.41, 5.74) is 2.06. The monoisotopic (exact) mass is 355 g/mol. The Labute approximate surface area is 152 Å². The van der Waals surface area contributed by atoms with Gasteiger partial charge in [0.1, 0.15) is 11.6 Å². The number of hydrogen-bond acceptors (Lipinski definition) is 3. The normalized spacial score (nSPS) is 33.4. The first kappa shape index (κ1) is 16.3. The lowest BCUT2D eigenvalue weighted by Gasteiger charge is -2.51. The van der Waals surface area contributed by atoms with E-state index in [2.05, 4.69) is 26.9 Å². The quantitative estimate of drug-likeness (QED) is 0.841. The molecule has 1 aromatic heterocycles. The molecule has 4 fully saturated rings. The Kier molecular flexibility index (Phi) is 4.02. The summed E-state index contributed by atoms with van der Waals surface area (Å²) in [6.07, 6.45) is 6.13. The zero-order valence-electron chi connectivity index (χ0n) is 14.7. The third kappa shape index (κ3) is 2.74. The Balaban J connectivity index is 1.50. The Hall–Kier alpha value is -1.85. The highest BCUT2D eigenvalue weighted by Gasteiger charge is 2.53. The van der Waals surface area contributed by atoms with Crippen LogP contribution in [-0.4, -0.2) is 46.5 Å². The highest BCUT2D eigenvalue weighted by Crippen LogP contribution is 2.47. The molecule has 2 bridgehead atoms. The van der Waals surface area contributed by atoms with E-state index in [-0.39, 0.29) is 5.92 Å². The van der Waals surface area contributed by atoms with Crippen molar-refractivity contribution in [1.82, 2.24) is 14.8 Å². The van der Waals surface area contributed by atoms with Gasteiger partial charge in [-0.05, 0) is 67.2 Å². The molecule has 0 radical (unpaired) electrons. The standard InChI is InChI=1S/C21H23F2N3/c22-17-9-16(10-18(23)11-17)19-13-26(12-14-1-5-24-6-2-14)20-15-3-7-25(8-4-15)21(19)20/h1-2,5-6,9-11,15,19-21H,3-4,7-8,12-13H2/t19-,20-,21-/m0/s1. The van der Waals surface area contributed by atoms with Crippen molar-refractivity contribution in [1.29, 1.82) is 0 Å². The highest BCUT2D eigenvalue weighted by molar-refractivity contribution is 5.29. The van der Waals surface area contributed by atoms with Crippen molar-refractivity contribution in [3.8, 4) is 0 Å². The van der Waals surface area contributed by atoms with E-state index in [4.69, 9.17) is 0 Å². The first-order chi connectivity index (χ1) is 12.7. The van der Waals surface area contributed by atoms with Gasteiger partial charge in [0.05, 0.1) is 0 Å². The molecular formula is C21H23F2N3. The number of benzene rings is 1. The molecule has 0 amide bonds. The Morgan fingerprint density at radius 2 is 1.65 bits per heavy atom. The van der Waals surface area contributed by atoms with Gasteiger partial charge in [-0.3, -0.25) is 14.8 Å². The van der Waals surface area contributed by atoms with Crippen molar-refractivity contribution in [2.24, 2.45) is 5.92 Å². The number of rotatable bonds is 3. The van der Waals surface area contributed by atoms with Gasteiger partial charge >= 0.3 is 0 Å². The minimum atomic E-state index is -0.472. The number of pyridine rings is 1. The molecule has 3 atom stereocenters. The van der Waals surface area contributed by atoms with E-state index in [1.807, 2.05) is 12.4 Å². The maximum Gasteiger partial charge on any atom is 0.126 e. The molecule has 26 heavy (non-hydrogen) atoms. The first-order valence-electron chi connectivity index (χ1n) is 9.52. The molecule has 0 spiro atoms. The summed E-state index contributed by atoms with van der Waals surface area (Å²) in [5.74, 6) is -0.0921. The molecule has 0 saturated carbocycles. The average Bonchev–Trinajstić information content (AvgIpc) is 3.04. The molecular weight excluding hydrogens is 332 g/mol. The second-order valence-corrected chi connectivity index (χ2v) is 7.95. The van der Waals surface area contributed by atoms with Crippen molar-refractivity contribution < 1.29 is 8.78 Å². The number of nitrogens with zero attached hydrogens (tertiary/aromatic N) is 3. The highest BCUT2D eigenvalue weighted by atomic mass is 19.1. The predicted molar refractivity (Wildman–Crippen MR) is 95.6 cm³/mol. The SMILES string of the molecule is Fc1cc(F)cc([C@@H]2CN(Cc3ccncc3)[C@H]3C4CCN(CC4)[C@@H]23)c1. The fourth-order valence-electron chi connectivity index (χ4n) is 5.53. The van der Waals surface area contributed by atoms with Crippen LogP contribution < -0.4 is 0 Å². The molecule has 4 saturated heterocycles. The number of halogens is 2. The van der Waals surface area contributed by atoms with Gasteiger partial charge in [-0.15, -0.1) is 0 Å². The van der Waals surface area contributed by atoms with Crippen LogP contribution in [0, 0.1) is 17.6 Å². The molecule has 136 valence electrons. The van der Waals surface area contributed by atoms with E-state index in [1.54, 1.807) is 0 Å². The summed E-state index contributed by atoms with van der Waals surface area (Å²) in [5, 5.41) is 0. The van der Waals surface area contributed by atoms with E-state index < -0.39 is 11.6 Å². The van der Waals surface area contributed by atoms with E-state index in [1.165, 1.54) is 30.5 Å². The van der Waals surface area contributed by atoms with Crippen LogP contribution in [0.15, 0.2) is 42.7 Å². The molecule has 1 aromatic carbocycles. The summed E-state index contributed by atoms with van der Waals surface area (Å²) in [7, 11) is 0. The number of fused-ring (bicyclic) bond motifs is 2. The van der Waals surface area contributed by atoms with Crippen LogP contribution >= 0.6 is 0 Å². The average molecular weight is 355 g/mol. The predicted octanol–water partition coefficient (Wildman–Crippen LogP) is 3.42. The maximum atomic E-state index is 13.9. The summed E-state index contributed by atoms with van der Waals surface area (Å²) in [4.78, 5) is 9.22. The van der Waals surface area contributed by atoms with Crippen LogP contribution in [0.3, 0.4) is 0 Å². The molecule has 4 aliphatic rings. The van der Waals surface area contributed by atoms with Crippen molar-refractivity contribution in [2.45, 2.75) is 37.4 Å². The van der Waals surface area contributed by atoms with Crippen molar-refractivity contribution in [2.75, 3.05) is 19.6 Å². The van der Waals surface area contributed by atoms with Crippen LogP contribution in [0.1, 0.15) is 29.9 Å². The largest absolute Gasteiger partial charge is 0.298 e. The molecule has 4 aliphatic heterocycles. The minimum absolute atomic E-state index is 0.162. The van der Waals surface area contributed by atoms with Gasteiger partial charge < -0.3 is 0 Å². The zero-order valence-corrected chi connectivity index (χ0v) is 14.7. The molecule has 0 aliphatic carbocycles. The molecule has 0 N–H and O–H groups in total. The van der Waals surface area contributed by atoms with Gasteiger partial charge in [0, 0.05) is 49.6 Å². The molecule has 5 heteroatoms. The number of hydrogen-bond donors (Lipinski definition) is 0. The molecule has 5 heterocycles. The van der Waals surface area contributed by atoms with Gasteiger partial charge in [0.2, 0.25) is 0 Å². The zero-order chi connectivity index (χ0) is 17.7. The van der Waals surface area contributed by atoms with Crippen molar-refractivity contribution >= 4 is 0 Å². The van der Waals surface area contributed by atoms with Gasteiger partial charge in [0.15, 0.2) is 0 Å². The first-order valence-corrected chi connectivity index (χ1v) is 9.52. The van der Waals surface area contributed by atoms with Gasteiger partial charge in [-0.25, -0.2) is 8.78 Å². The van der Waals surface area contributed by atoms with E-state index in [9.17, 15) is 8.78 Å². The smallest absolute Gasteiger partial charge is 0.126 e. The fourth-order valence-corrected chi connectivity index (χ4v) is 5.53. The van der Waals surface area contributed by atoms with Gasteiger partial charge in [0.25, 0.3) is 0 Å². The van der Waals surface area contributed by atoms with Crippen LogP contribution in [0.25, 0.3) is 0 Å². The maximum absolute atomic E-state index is 13.9. The van der Waals surface area contributed by atoms with Gasteiger partial charge in [-0.1, -0.05) is 0 Å². The number of piperidine rings is 3. The van der Waals surface area contributed by atoms with Crippen molar-refractivity contribution in [3.63, 3.8) is 0 Å². The van der Waals surface area contributed by atoms with Gasteiger partial charge in [-0.2, -0.15) is 0 Å². The van der Waals surface area contributed by atoms with Crippen LogP contribution in [0.4, 0.5) is 8.78 Å². The Bertz CT molecular complexity index is 769. The lowest BCUT2D eigenvalue weighted by atomic mass is 9.75. The molecule has 2 aromatic rings. The number of likely N-dealkylation sites (tertiary alicyclic amines) is 1. The Morgan fingerprint density at radius 3 is 2.35 bits per heavy atom. The van der Waals surface area contributed by atoms with E-state index >= 15 is 0 Å². The van der Waals surface area contributed by atoms with Crippen LogP contribution in [0.2, 0.25) is 0 Å². The molecule has 6 rings (SSSR count). The molecule has 0 unspecified atom stereocenters.